The molecule has 0 saturated carbocycles. The second-order valence-corrected chi connectivity index (χ2v) is 1.49. The van der Waals surface area contributed by atoms with Crippen LogP contribution in [-0.2, 0) is 0 Å². The molecule has 0 radical (unpaired) electrons. The average Bonchev–Trinajstić information content (AvgIpc) is 2.34. The molecule has 1 rings (SSSR count). The van der Waals surface area contributed by atoms with Crippen LogP contribution in [0, 0.1) is 0 Å². The summed E-state index contributed by atoms with van der Waals surface area (Å²) >= 11 is 0. The van der Waals surface area contributed by atoms with E-state index >= 15 is 0 Å². The van der Waals surface area contributed by atoms with Gasteiger partial charge >= 0.3 is 36.7 Å². The van der Waals surface area contributed by atoms with Crippen molar-refractivity contribution in [2.24, 2.45) is 0 Å². The average molecular weight is 185 g/mol. The molecule has 0 saturated heterocycles. The molecule has 0 aliphatic carbocycles. The Hall–Kier alpha value is -1.00. The van der Waals surface area contributed by atoms with Gasteiger partial charge in [-0.3, -0.25) is 0 Å². The zero-order valence-corrected chi connectivity index (χ0v) is 7.14. The van der Waals surface area contributed by atoms with Gasteiger partial charge in [-0.1, -0.05) is 0 Å². The number of aromatic nitrogens is 1. The van der Waals surface area contributed by atoms with Gasteiger partial charge in [0.1, 0.15) is 6.20 Å². The van der Waals surface area contributed by atoms with Gasteiger partial charge in [0.05, 0.1) is 7.11 Å². The van der Waals surface area contributed by atoms with Crippen molar-refractivity contribution in [1.82, 2.24) is 4.98 Å². The summed E-state index contributed by atoms with van der Waals surface area (Å²) in [7, 11) is 1.37. The first-order valence-corrected chi connectivity index (χ1v) is 2.47. The van der Waals surface area contributed by atoms with Crippen molar-refractivity contribution in [3.8, 4) is 5.95 Å². The fourth-order valence-electron chi connectivity index (χ4n) is 0.453. The molecule has 0 atom stereocenters. The van der Waals surface area contributed by atoms with Gasteiger partial charge in [0, 0.05) is 0 Å². The number of carboxylic acid groups (broad SMARTS) is 1. The maximum Gasteiger partial charge on any atom is 1.00 e. The van der Waals surface area contributed by atoms with Crippen molar-refractivity contribution in [2.75, 3.05) is 7.11 Å². The Bertz CT molecular complexity index is 249. The van der Waals surface area contributed by atoms with E-state index < -0.39 is 5.97 Å². The first kappa shape index (κ1) is 17.9. The Morgan fingerprint density at radius 3 is 2.46 bits per heavy atom. The quantitative estimate of drug-likeness (QED) is 0.472. The van der Waals surface area contributed by atoms with Crippen LogP contribution >= 0.6 is 0 Å². The fourth-order valence-corrected chi connectivity index (χ4v) is 0.453. The van der Waals surface area contributed by atoms with Crippen molar-refractivity contribution in [3.05, 3.63) is 12.1 Å². The van der Waals surface area contributed by atoms with Crippen LogP contribution in [0.3, 0.4) is 0 Å². The first-order chi connectivity index (χ1) is 4.74. The van der Waals surface area contributed by atoms with Crippen molar-refractivity contribution < 1.29 is 48.9 Å². The third-order valence-electron chi connectivity index (χ3n) is 0.869. The molecule has 8 heteroatoms. The monoisotopic (exact) mass is 185 g/mol. The van der Waals surface area contributed by atoms with Gasteiger partial charge in [-0.2, -0.15) is 0 Å². The molecule has 1 aromatic rings. The van der Waals surface area contributed by atoms with Crippen LogP contribution in [0.25, 0.3) is 0 Å². The number of ether oxygens (including phenoxy) is 1. The molecular weight excluding hydrogens is 177 g/mol. The number of carbonyl (C=O) groups is 1. The summed E-state index contributed by atoms with van der Waals surface area (Å²) in [6.45, 7) is 0. The van der Waals surface area contributed by atoms with Gasteiger partial charge in [-0.25, -0.2) is 9.78 Å². The van der Waals surface area contributed by atoms with E-state index in [1.807, 2.05) is 0 Å². The standard InChI is InChI=1S/C5H5NO4.Li.2H2O/c1-9-3-2-6-4(10-3)5(7)8;;;/h2H,1H3,(H,7,8);;2*1H2/q;+1;;/p-1. The third-order valence-corrected chi connectivity index (χ3v) is 0.869. The van der Waals surface area contributed by atoms with Crippen molar-refractivity contribution >= 4 is 5.97 Å². The number of aromatic carboxylic acids is 1. The number of carboxylic acids is 1. The normalized spacial score (nSPS) is 7.15. The maximum atomic E-state index is 10.1. The Morgan fingerprint density at radius 1 is 1.69 bits per heavy atom. The maximum absolute atomic E-state index is 10.1. The molecule has 1 heterocycles. The Morgan fingerprint density at radius 2 is 2.23 bits per heavy atom. The van der Waals surface area contributed by atoms with E-state index in [1.54, 1.807) is 0 Å². The van der Waals surface area contributed by atoms with Gasteiger partial charge < -0.3 is 25.2 Å². The number of hydrogen-bond donors (Lipinski definition) is 1. The largest absolute Gasteiger partial charge is 1.00 e. The van der Waals surface area contributed by atoms with Crippen LogP contribution in [0.4, 0.5) is 0 Å². The molecule has 0 fully saturated rings. The SMILES string of the molecule is COc1cnc(C(=O)O)o1.O.[Li+].[OH-]. The summed E-state index contributed by atoms with van der Waals surface area (Å²) in [6, 6.07) is 0. The van der Waals surface area contributed by atoms with Gasteiger partial charge in [-0.05, 0) is 0 Å². The van der Waals surface area contributed by atoms with E-state index in [0.717, 1.165) is 0 Å². The summed E-state index contributed by atoms with van der Waals surface area (Å²) in [5.41, 5.74) is 0. The van der Waals surface area contributed by atoms with Crippen molar-refractivity contribution in [2.45, 2.75) is 0 Å². The van der Waals surface area contributed by atoms with E-state index in [9.17, 15) is 4.79 Å². The number of oxazole rings is 1. The molecule has 4 N–H and O–H groups in total. The smallest absolute Gasteiger partial charge is 0.870 e. The Balaban J connectivity index is -0.000000333. The predicted octanol–water partition coefficient (Wildman–Crippen LogP) is -3.62. The van der Waals surface area contributed by atoms with Gasteiger partial charge in [0.15, 0.2) is 0 Å². The molecule has 0 aromatic carbocycles. The molecule has 7 nitrogen and oxygen atoms in total. The number of hydrogen-bond acceptors (Lipinski definition) is 5. The van der Waals surface area contributed by atoms with E-state index in [2.05, 4.69) is 14.1 Å². The van der Waals surface area contributed by atoms with E-state index in [-0.39, 0.29) is 41.7 Å². The minimum absolute atomic E-state index is 0. The number of nitrogens with zero attached hydrogens (tertiary/aromatic N) is 1. The summed E-state index contributed by atoms with van der Waals surface area (Å²) in [6.07, 6.45) is 1.20. The molecule has 0 aliphatic heterocycles. The molecule has 13 heavy (non-hydrogen) atoms. The molecule has 0 bridgehead atoms. The Kier molecular flexibility index (Phi) is 10.5. The minimum Gasteiger partial charge on any atom is -0.870 e. The van der Waals surface area contributed by atoms with Crippen LogP contribution in [0.15, 0.2) is 10.6 Å². The van der Waals surface area contributed by atoms with Crippen LogP contribution in [0.5, 0.6) is 5.95 Å². The van der Waals surface area contributed by atoms with Crippen LogP contribution in [0.2, 0.25) is 0 Å². The van der Waals surface area contributed by atoms with Crippen molar-refractivity contribution in [1.29, 1.82) is 0 Å². The van der Waals surface area contributed by atoms with Gasteiger partial charge in [0.2, 0.25) is 0 Å². The molecule has 0 unspecified atom stereocenters. The first-order valence-electron chi connectivity index (χ1n) is 2.47. The number of methoxy groups -OCH3 is 1. The molecular formula is C5H8LiNO6. The van der Waals surface area contributed by atoms with Crippen LogP contribution in [0.1, 0.15) is 10.7 Å². The van der Waals surface area contributed by atoms with Crippen LogP contribution < -0.4 is 23.6 Å². The van der Waals surface area contributed by atoms with E-state index in [0.29, 0.717) is 0 Å². The van der Waals surface area contributed by atoms with Gasteiger partial charge in [0.25, 0.3) is 0 Å². The summed E-state index contributed by atoms with van der Waals surface area (Å²) in [5, 5.41) is 8.28. The van der Waals surface area contributed by atoms with E-state index in [4.69, 9.17) is 5.11 Å². The molecule has 1 aromatic heterocycles. The van der Waals surface area contributed by atoms with E-state index in [1.165, 1.54) is 13.3 Å². The second kappa shape index (κ2) is 7.64. The predicted molar refractivity (Wildman–Crippen MR) is 35.6 cm³/mol. The molecule has 70 valence electrons. The zero-order chi connectivity index (χ0) is 7.56. The Labute approximate surface area is 85.5 Å². The topological polar surface area (TPSA) is 134 Å². The second-order valence-electron chi connectivity index (χ2n) is 1.49. The summed E-state index contributed by atoms with van der Waals surface area (Å²) < 4.78 is 9.11. The fraction of sp³-hybridized carbons (Fsp3) is 0.200. The van der Waals surface area contributed by atoms with Crippen molar-refractivity contribution in [3.63, 3.8) is 0 Å². The summed E-state index contributed by atoms with van der Waals surface area (Å²) in [4.78, 5) is 13.5. The number of rotatable bonds is 2. The molecule has 0 aliphatic rings. The molecule has 0 amide bonds. The molecule has 0 spiro atoms. The van der Waals surface area contributed by atoms with Gasteiger partial charge in [-0.15, -0.1) is 0 Å². The minimum atomic E-state index is -1.21. The third kappa shape index (κ3) is 4.54. The zero-order valence-electron chi connectivity index (χ0n) is 7.14. The summed E-state index contributed by atoms with van der Waals surface area (Å²) in [5.74, 6) is -1.47. The van der Waals surface area contributed by atoms with Crippen LogP contribution in [-0.4, -0.2) is 34.1 Å².